The molecule has 2 aromatic rings. The molecule has 0 bridgehead atoms. The fourth-order valence-corrected chi connectivity index (χ4v) is 3.46. The summed E-state index contributed by atoms with van der Waals surface area (Å²) in [5.41, 5.74) is 0.306. The van der Waals surface area contributed by atoms with E-state index in [1.165, 1.54) is 11.3 Å². The highest BCUT2D eigenvalue weighted by atomic mass is 35.5. The first-order valence-electron chi connectivity index (χ1n) is 6.88. The Morgan fingerprint density at radius 2 is 2.36 bits per heavy atom. The molecule has 0 saturated carbocycles. The van der Waals surface area contributed by atoms with E-state index in [0.717, 1.165) is 24.3 Å². The van der Waals surface area contributed by atoms with E-state index < -0.39 is 0 Å². The predicted molar refractivity (Wildman–Crippen MR) is 90.0 cm³/mol. The highest BCUT2D eigenvalue weighted by Gasteiger charge is 2.22. The molecule has 1 saturated heterocycles. The summed E-state index contributed by atoms with van der Waals surface area (Å²) in [5.74, 6) is 0.377. The van der Waals surface area contributed by atoms with Crippen molar-refractivity contribution in [2.45, 2.75) is 31.8 Å². The minimum atomic E-state index is -0.188. The lowest BCUT2D eigenvalue weighted by atomic mass is 10.0. The maximum absolute atomic E-state index is 12.2. The first-order chi connectivity index (χ1) is 10.1. The number of carbonyl (C=O) groups is 1. The minimum absolute atomic E-state index is 0. The third-order valence-corrected chi connectivity index (χ3v) is 4.76. The van der Waals surface area contributed by atoms with Gasteiger partial charge in [0.25, 0.3) is 5.91 Å². The predicted octanol–water partition coefficient (Wildman–Crippen LogP) is 3.35. The van der Waals surface area contributed by atoms with Crippen LogP contribution in [0.1, 0.15) is 30.3 Å². The van der Waals surface area contributed by atoms with Crippen molar-refractivity contribution in [2.24, 2.45) is 0 Å². The van der Waals surface area contributed by atoms with Gasteiger partial charge < -0.3 is 15.2 Å². The molecule has 3 heterocycles. The highest BCUT2D eigenvalue weighted by Crippen LogP contribution is 2.31. The van der Waals surface area contributed by atoms with E-state index in [9.17, 15) is 4.79 Å². The third kappa shape index (κ3) is 4.01. The molecule has 1 aliphatic heterocycles. The molecule has 120 valence electrons. The number of amides is 1. The molecule has 0 spiro atoms. The van der Waals surface area contributed by atoms with Crippen LogP contribution in [0.15, 0.2) is 22.7 Å². The van der Waals surface area contributed by atoms with Crippen molar-refractivity contribution in [2.75, 3.05) is 6.54 Å². The van der Waals surface area contributed by atoms with Gasteiger partial charge in [-0.1, -0.05) is 16.8 Å². The largest absolute Gasteiger partial charge is 0.355 e. The van der Waals surface area contributed by atoms with Crippen LogP contribution in [0.5, 0.6) is 0 Å². The van der Waals surface area contributed by atoms with Gasteiger partial charge in [-0.2, -0.15) is 0 Å². The fourth-order valence-electron chi connectivity index (χ4n) is 2.47. The molecule has 2 atom stereocenters. The SMILES string of the molecule is CC1CC(NC(=O)c2cc(-c3ccc(Cl)s3)on2)CCN1.Cl. The summed E-state index contributed by atoms with van der Waals surface area (Å²) in [7, 11) is 0. The van der Waals surface area contributed by atoms with Gasteiger partial charge in [0.1, 0.15) is 0 Å². The van der Waals surface area contributed by atoms with E-state index >= 15 is 0 Å². The molecule has 2 aromatic heterocycles. The van der Waals surface area contributed by atoms with Crippen molar-refractivity contribution < 1.29 is 9.32 Å². The summed E-state index contributed by atoms with van der Waals surface area (Å²) in [6, 6.07) is 5.90. The minimum Gasteiger partial charge on any atom is -0.355 e. The van der Waals surface area contributed by atoms with Crippen molar-refractivity contribution in [3.05, 3.63) is 28.2 Å². The summed E-state index contributed by atoms with van der Waals surface area (Å²) in [4.78, 5) is 13.1. The van der Waals surface area contributed by atoms with Crippen molar-refractivity contribution in [1.82, 2.24) is 15.8 Å². The van der Waals surface area contributed by atoms with Crippen molar-refractivity contribution in [1.29, 1.82) is 0 Å². The maximum Gasteiger partial charge on any atom is 0.273 e. The molecule has 22 heavy (non-hydrogen) atoms. The zero-order valence-electron chi connectivity index (χ0n) is 12.0. The first-order valence-corrected chi connectivity index (χ1v) is 8.08. The fraction of sp³-hybridized carbons (Fsp3) is 0.429. The second-order valence-electron chi connectivity index (χ2n) is 5.23. The Kier molecular flexibility index (Phi) is 5.86. The molecule has 0 aliphatic carbocycles. The van der Waals surface area contributed by atoms with Gasteiger partial charge in [-0.15, -0.1) is 23.7 Å². The monoisotopic (exact) mass is 361 g/mol. The molecule has 2 N–H and O–H groups in total. The summed E-state index contributed by atoms with van der Waals surface area (Å²) in [6.45, 7) is 3.04. The van der Waals surface area contributed by atoms with Crippen LogP contribution in [0.25, 0.3) is 10.6 Å². The van der Waals surface area contributed by atoms with Crippen LogP contribution in [0, 0.1) is 0 Å². The van der Waals surface area contributed by atoms with Gasteiger partial charge in [-0.25, -0.2) is 0 Å². The Morgan fingerprint density at radius 3 is 3.05 bits per heavy atom. The van der Waals surface area contributed by atoms with Crippen LogP contribution in [0.4, 0.5) is 0 Å². The Balaban J connectivity index is 0.00000176. The maximum atomic E-state index is 12.2. The molecule has 3 rings (SSSR count). The van der Waals surface area contributed by atoms with E-state index in [0.29, 0.717) is 21.8 Å². The normalized spacial score (nSPS) is 21.2. The first kappa shape index (κ1) is 17.3. The van der Waals surface area contributed by atoms with Gasteiger partial charge in [-0.05, 0) is 38.4 Å². The Morgan fingerprint density at radius 1 is 1.55 bits per heavy atom. The lowest BCUT2D eigenvalue weighted by molar-refractivity contribution is 0.0916. The van der Waals surface area contributed by atoms with Crippen LogP contribution in [0.2, 0.25) is 4.34 Å². The molecule has 1 aliphatic rings. The summed E-state index contributed by atoms with van der Waals surface area (Å²) >= 11 is 7.29. The summed E-state index contributed by atoms with van der Waals surface area (Å²) in [6.07, 6.45) is 1.86. The number of hydrogen-bond donors (Lipinski definition) is 2. The van der Waals surface area contributed by atoms with E-state index in [4.69, 9.17) is 16.1 Å². The van der Waals surface area contributed by atoms with Crippen LogP contribution < -0.4 is 10.6 Å². The van der Waals surface area contributed by atoms with E-state index in [-0.39, 0.29) is 24.4 Å². The number of halogens is 2. The van der Waals surface area contributed by atoms with Crippen LogP contribution in [-0.4, -0.2) is 29.7 Å². The molecule has 5 nitrogen and oxygen atoms in total. The molecular weight excluding hydrogens is 345 g/mol. The topological polar surface area (TPSA) is 67.2 Å². The van der Waals surface area contributed by atoms with E-state index in [2.05, 4.69) is 22.7 Å². The number of rotatable bonds is 3. The Hall–Kier alpha value is -1.08. The summed E-state index contributed by atoms with van der Waals surface area (Å²) < 4.78 is 5.90. The second kappa shape index (κ2) is 7.46. The van der Waals surface area contributed by atoms with Crippen LogP contribution in [0.3, 0.4) is 0 Å². The van der Waals surface area contributed by atoms with Gasteiger partial charge in [-0.3, -0.25) is 4.79 Å². The Bertz CT molecular complexity index is 644. The molecule has 8 heteroatoms. The lowest BCUT2D eigenvalue weighted by Crippen LogP contribution is -2.46. The zero-order chi connectivity index (χ0) is 14.8. The number of hydrogen-bond acceptors (Lipinski definition) is 5. The number of nitrogens with one attached hydrogen (secondary N) is 2. The number of piperidine rings is 1. The number of aromatic nitrogens is 1. The van der Waals surface area contributed by atoms with Gasteiger partial charge in [0, 0.05) is 18.2 Å². The van der Waals surface area contributed by atoms with Crippen molar-refractivity contribution in [3.8, 4) is 10.6 Å². The van der Waals surface area contributed by atoms with Crippen molar-refractivity contribution >= 4 is 41.3 Å². The molecule has 2 unspecified atom stereocenters. The highest BCUT2D eigenvalue weighted by molar-refractivity contribution is 7.19. The van der Waals surface area contributed by atoms with Gasteiger partial charge in [0.2, 0.25) is 0 Å². The van der Waals surface area contributed by atoms with Crippen molar-refractivity contribution in [3.63, 3.8) is 0 Å². The number of thiophene rings is 1. The molecule has 0 radical (unpaired) electrons. The van der Waals surface area contributed by atoms with Gasteiger partial charge in [0.15, 0.2) is 11.5 Å². The standard InChI is InChI=1S/C14H16ClN3O2S.ClH/c1-8-6-9(4-5-16-8)17-14(19)10-7-11(20-18-10)12-2-3-13(15)21-12;/h2-3,7-9,16H,4-6H2,1H3,(H,17,19);1H. The number of carbonyl (C=O) groups excluding carboxylic acids is 1. The Labute approximate surface area is 143 Å². The van der Waals surface area contributed by atoms with E-state index in [1.807, 2.05) is 6.07 Å². The second-order valence-corrected chi connectivity index (χ2v) is 6.95. The number of nitrogens with zero attached hydrogens (tertiary/aromatic N) is 1. The molecular formula is C14H17Cl2N3O2S. The average Bonchev–Trinajstić information content (AvgIpc) is 3.07. The van der Waals surface area contributed by atoms with Gasteiger partial charge >= 0.3 is 0 Å². The average molecular weight is 362 g/mol. The van der Waals surface area contributed by atoms with Crippen LogP contribution >= 0.6 is 35.3 Å². The quantitative estimate of drug-likeness (QED) is 0.879. The smallest absolute Gasteiger partial charge is 0.273 e. The lowest BCUT2D eigenvalue weighted by Gasteiger charge is -2.28. The molecule has 1 amide bonds. The van der Waals surface area contributed by atoms with E-state index in [1.54, 1.807) is 12.1 Å². The summed E-state index contributed by atoms with van der Waals surface area (Å²) in [5, 5.41) is 10.2. The molecule has 1 fully saturated rings. The van der Waals surface area contributed by atoms with Crippen LogP contribution in [-0.2, 0) is 0 Å². The third-order valence-electron chi connectivity index (χ3n) is 3.52. The van der Waals surface area contributed by atoms with Gasteiger partial charge in [0.05, 0.1) is 9.21 Å². The molecule has 0 aromatic carbocycles. The zero-order valence-corrected chi connectivity index (χ0v) is 14.4.